The second-order valence-electron chi connectivity index (χ2n) is 17.3. The summed E-state index contributed by atoms with van der Waals surface area (Å²) in [7, 11) is 4.61. The summed E-state index contributed by atoms with van der Waals surface area (Å²) in [5.74, 6) is -7.76. The monoisotopic (exact) mass is 803 g/mol. The number of hydrogen-bond acceptors (Lipinski definition) is 12. The number of amides is 1. The zero-order valence-corrected chi connectivity index (χ0v) is 35.4. The number of nitrogens with zero attached hydrogens (tertiary/aromatic N) is 1. The molecule has 322 valence electrons. The SMILES string of the molecule is C=CC[C@@H]1/C=C(/C)C[C@H](C)C[C@H](OC)[C@H]2O[C@](O)(C(=O)C(=O)N3CCCC[C@@H]3C(=O)O[C@H](/C(C)=C/[C@@H]3CC[C@@H](O)[C@H](OC)C3)[C@H](C)[C@@H](O)CC1=O)[C@H](C)C[C@@H]2OC. The van der Waals surface area contributed by atoms with Gasteiger partial charge in [-0.2, -0.15) is 0 Å². The molecule has 1 saturated carbocycles. The van der Waals surface area contributed by atoms with E-state index in [0.717, 1.165) is 5.57 Å². The van der Waals surface area contributed by atoms with Gasteiger partial charge in [0.25, 0.3) is 11.7 Å². The highest BCUT2D eigenvalue weighted by atomic mass is 16.7. The molecule has 0 radical (unpaired) electrons. The lowest BCUT2D eigenvalue weighted by molar-refractivity contribution is -0.302. The van der Waals surface area contributed by atoms with Crippen molar-refractivity contribution in [2.24, 2.45) is 29.6 Å². The molecule has 0 unspecified atom stereocenters. The molecule has 13 nitrogen and oxygen atoms in total. The van der Waals surface area contributed by atoms with Crippen LogP contribution in [-0.2, 0) is 42.9 Å². The van der Waals surface area contributed by atoms with Crippen molar-refractivity contribution in [3.05, 3.63) is 36.0 Å². The molecule has 1 aliphatic carbocycles. The maximum Gasteiger partial charge on any atom is 0.329 e. The number of carbonyl (C=O) groups is 4. The van der Waals surface area contributed by atoms with Gasteiger partial charge < -0.3 is 43.9 Å². The van der Waals surface area contributed by atoms with Crippen LogP contribution in [0.3, 0.4) is 0 Å². The molecule has 2 bridgehead atoms. The molecule has 0 aromatic carbocycles. The van der Waals surface area contributed by atoms with E-state index in [-0.39, 0.29) is 49.5 Å². The molecule has 57 heavy (non-hydrogen) atoms. The van der Waals surface area contributed by atoms with Crippen LogP contribution < -0.4 is 0 Å². The minimum atomic E-state index is -2.51. The first-order valence-corrected chi connectivity index (χ1v) is 20.9. The number of allylic oxidation sites excluding steroid dienone is 4. The van der Waals surface area contributed by atoms with Crippen LogP contribution in [0.1, 0.15) is 105 Å². The number of ether oxygens (including phenoxy) is 5. The smallest absolute Gasteiger partial charge is 0.329 e. The number of esters is 1. The second-order valence-corrected chi connectivity index (χ2v) is 17.3. The highest BCUT2D eigenvalue weighted by Crippen LogP contribution is 2.39. The normalized spacial score (nSPS) is 41.0. The topological polar surface area (TPSA) is 178 Å². The molecule has 3 N–H and O–H groups in total. The first-order valence-electron chi connectivity index (χ1n) is 20.9. The van der Waals surface area contributed by atoms with Crippen LogP contribution in [0.2, 0.25) is 0 Å². The summed E-state index contributed by atoms with van der Waals surface area (Å²) in [5, 5.41) is 34.1. The molecule has 4 rings (SSSR count). The Morgan fingerprint density at radius 2 is 1.60 bits per heavy atom. The average molecular weight is 804 g/mol. The fourth-order valence-electron chi connectivity index (χ4n) is 9.42. The highest BCUT2D eigenvalue weighted by Gasteiger charge is 2.56. The van der Waals surface area contributed by atoms with E-state index in [0.29, 0.717) is 56.9 Å². The predicted octanol–water partition coefficient (Wildman–Crippen LogP) is 4.64. The fourth-order valence-corrected chi connectivity index (χ4v) is 9.42. The van der Waals surface area contributed by atoms with Gasteiger partial charge in [-0.25, -0.2) is 4.79 Å². The number of aliphatic hydroxyl groups excluding tert-OH is 2. The first-order chi connectivity index (χ1) is 27.0. The molecule has 3 aliphatic heterocycles. The summed E-state index contributed by atoms with van der Waals surface area (Å²) in [6.45, 7) is 13.1. The van der Waals surface area contributed by atoms with Crippen molar-refractivity contribution in [3.8, 4) is 0 Å². The van der Waals surface area contributed by atoms with E-state index in [1.807, 2.05) is 32.9 Å². The summed E-state index contributed by atoms with van der Waals surface area (Å²) >= 11 is 0. The van der Waals surface area contributed by atoms with E-state index in [9.17, 15) is 34.5 Å². The van der Waals surface area contributed by atoms with Gasteiger partial charge in [-0.3, -0.25) is 14.4 Å². The zero-order chi connectivity index (χ0) is 42.2. The molecule has 4 aliphatic rings. The molecule has 0 spiro atoms. The van der Waals surface area contributed by atoms with E-state index in [2.05, 4.69) is 6.58 Å². The molecule has 0 aromatic rings. The molecule has 14 atom stereocenters. The third-order valence-corrected chi connectivity index (χ3v) is 12.9. The van der Waals surface area contributed by atoms with Crippen LogP contribution in [0.4, 0.5) is 0 Å². The van der Waals surface area contributed by atoms with Gasteiger partial charge in [0.05, 0.1) is 30.5 Å². The lowest BCUT2D eigenvalue weighted by Gasteiger charge is -2.47. The minimum absolute atomic E-state index is 0.00988. The van der Waals surface area contributed by atoms with Crippen molar-refractivity contribution in [1.29, 1.82) is 0 Å². The molecule has 0 aromatic heterocycles. The summed E-state index contributed by atoms with van der Waals surface area (Å²) < 4.78 is 29.7. The highest BCUT2D eigenvalue weighted by molar-refractivity contribution is 6.39. The fraction of sp³-hybridized carbons (Fsp3) is 0.773. The van der Waals surface area contributed by atoms with Crippen LogP contribution in [-0.4, -0.2) is 126 Å². The van der Waals surface area contributed by atoms with Crippen molar-refractivity contribution in [2.45, 2.75) is 160 Å². The number of methoxy groups -OCH3 is 3. The average Bonchev–Trinajstić information content (AvgIpc) is 3.18. The molecular weight excluding hydrogens is 734 g/mol. The number of fused-ring (bicyclic) bond motifs is 3. The quantitative estimate of drug-likeness (QED) is 0.185. The summed E-state index contributed by atoms with van der Waals surface area (Å²) in [6.07, 6.45) is 4.93. The Morgan fingerprint density at radius 3 is 2.25 bits per heavy atom. The Balaban J connectivity index is 1.78. The molecular formula is C44H69NO12. The zero-order valence-electron chi connectivity index (χ0n) is 35.4. The lowest BCUT2D eigenvalue weighted by Crippen LogP contribution is -2.64. The largest absolute Gasteiger partial charge is 0.456 e. The molecule has 13 heteroatoms. The minimum Gasteiger partial charge on any atom is -0.456 e. The molecule has 1 amide bonds. The third-order valence-electron chi connectivity index (χ3n) is 12.9. The van der Waals surface area contributed by atoms with Crippen molar-refractivity contribution in [3.63, 3.8) is 0 Å². The first kappa shape index (κ1) is 46.9. The van der Waals surface area contributed by atoms with E-state index < -0.39 is 83.9 Å². The standard InChI is InChI=1S/C44H69NO12/c1-10-13-31-19-25(2)18-26(3)20-37(54-8)40-38(55-9)22-28(5)44(52,57-40)41(49)42(50)45-17-12-11-14-32(45)43(51)56-39(29(6)34(47)24-35(31)48)27(4)21-30-15-16-33(46)36(23-30)53-7/h10,19,21,26,28-34,36-40,46-47,52H,1,11-18,20,22-24H2,2-9H3/b25-19-,27-21+/t26-,28+,29+,30-,31+,32+,33+,34-,36+,37-,38-,39+,40+,44-/m0/s1. The number of rotatable bonds is 7. The summed E-state index contributed by atoms with van der Waals surface area (Å²) in [5.41, 5.74) is 1.61. The van der Waals surface area contributed by atoms with E-state index in [4.69, 9.17) is 23.7 Å². The van der Waals surface area contributed by atoms with Crippen LogP contribution in [0.25, 0.3) is 0 Å². The molecule has 3 heterocycles. The predicted molar refractivity (Wildman–Crippen MR) is 213 cm³/mol. The third kappa shape index (κ3) is 11.3. The van der Waals surface area contributed by atoms with Crippen molar-refractivity contribution in [2.75, 3.05) is 27.9 Å². The van der Waals surface area contributed by atoms with Gasteiger partial charge in [-0.1, -0.05) is 44.6 Å². The lowest BCUT2D eigenvalue weighted by atomic mass is 9.81. The van der Waals surface area contributed by atoms with Gasteiger partial charge in [-0.15, -0.1) is 6.58 Å². The Hall–Kier alpha value is -2.78. The van der Waals surface area contributed by atoms with Gasteiger partial charge in [0, 0.05) is 52.0 Å². The van der Waals surface area contributed by atoms with Crippen molar-refractivity contribution >= 4 is 23.4 Å². The van der Waals surface area contributed by atoms with Gasteiger partial charge in [0.15, 0.2) is 0 Å². The Kier molecular flexibility index (Phi) is 17.2. The molecule has 2 saturated heterocycles. The number of aliphatic hydroxyl groups is 3. The van der Waals surface area contributed by atoms with Crippen molar-refractivity contribution in [1.82, 2.24) is 4.90 Å². The second kappa shape index (κ2) is 21.0. The number of carbonyl (C=O) groups excluding carboxylic acids is 4. The maximum absolute atomic E-state index is 14.3. The number of piperidine rings is 1. The van der Waals surface area contributed by atoms with Crippen LogP contribution >= 0.6 is 0 Å². The van der Waals surface area contributed by atoms with E-state index >= 15 is 0 Å². The number of ketones is 2. The summed E-state index contributed by atoms with van der Waals surface area (Å²) in [4.78, 5) is 57.8. The number of hydrogen-bond donors (Lipinski definition) is 3. The number of cyclic esters (lactones) is 1. The van der Waals surface area contributed by atoms with Gasteiger partial charge in [0.1, 0.15) is 24.0 Å². The van der Waals surface area contributed by atoms with Crippen LogP contribution in [0.15, 0.2) is 36.0 Å². The maximum atomic E-state index is 14.3. The number of Topliss-reactive ketones (excluding diaryl/α,β-unsaturated/α-hetero) is 2. The van der Waals surface area contributed by atoms with E-state index in [1.165, 1.54) is 19.1 Å². The van der Waals surface area contributed by atoms with Crippen LogP contribution in [0.5, 0.6) is 0 Å². The molecule has 3 fully saturated rings. The van der Waals surface area contributed by atoms with Crippen molar-refractivity contribution < 1.29 is 58.2 Å². The summed E-state index contributed by atoms with van der Waals surface area (Å²) in [6, 6.07) is -1.14. The van der Waals surface area contributed by atoms with E-state index in [1.54, 1.807) is 27.0 Å². The Labute approximate surface area is 339 Å². The Bertz CT molecular complexity index is 1480. The van der Waals surface area contributed by atoms with Gasteiger partial charge in [-0.05, 0) is 95.5 Å². The van der Waals surface area contributed by atoms with Gasteiger partial charge >= 0.3 is 5.97 Å². The van der Waals surface area contributed by atoms with Crippen LogP contribution in [0, 0.1) is 29.6 Å². The Morgan fingerprint density at radius 1 is 0.930 bits per heavy atom. The van der Waals surface area contributed by atoms with Gasteiger partial charge in [0.2, 0.25) is 5.79 Å².